The first-order valence-electron chi connectivity index (χ1n) is 7.33. The van der Waals surface area contributed by atoms with Crippen LogP contribution in [0.25, 0.3) is 0 Å². The fourth-order valence-corrected chi connectivity index (χ4v) is 2.13. The highest BCUT2D eigenvalue weighted by Crippen LogP contribution is 2.11. The molecule has 0 aliphatic rings. The summed E-state index contributed by atoms with van der Waals surface area (Å²) in [6, 6.07) is 15.2. The van der Waals surface area contributed by atoms with Gasteiger partial charge in [-0.25, -0.2) is 4.39 Å². The first-order valence-corrected chi connectivity index (χ1v) is 7.33. The van der Waals surface area contributed by atoms with E-state index in [2.05, 4.69) is 17.4 Å². The van der Waals surface area contributed by atoms with Crippen LogP contribution in [-0.2, 0) is 17.9 Å². The van der Waals surface area contributed by atoms with Crippen molar-refractivity contribution >= 4 is 0 Å². The third kappa shape index (κ3) is 5.66. The zero-order valence-electron chi connectivity index (χ0n) is 12.4. The monoisotopic (exact) mass is 287 g/mol. The largest absolute Gasteiger partial charge is 0.377 e. The molecule has 21 heavy (non-hydrogen) atoms. The van der Waals surface area contributed by atoms with Gasteiger partial charge in [0.15, 0.2) is 0 Å². The van der Waals surface area contributed by atoms with Gasteiger partial charge in [-0.1, -0.05) is 36.4 Å². The summed E-state index contributed by atoms with van der Waals surface area (Å²) in [7, 11) is 0. The average Bonchev–Trinajstić information content (AvgIpc) is 2.49. The van der Waals surface area contributed by atoms with Crippen molar-refractivity contribution in [2.45, 2.75) is 26.5 Å². The smallest absolute Gasteiger partial charge is 0.123 e. The van der Waals surface area contributed by atoms with E-state index in [1.54, 1.807) is 12.1 Å². The van der Waals surface area contributed by atoms with Gasteiger partial charge < -0.3 is 10.1 Å². The Bertz CT molecular complexity index is 542. The van der Waals surface area contributed by atoms with E-state index < -0.39 is 0 Å². The van der Waals surface area contributed by atoms with E-state index in [9.17, 15) is 4.39 Å². The summed E-state index contributed by atoms with van der Waals surface area (Å²) in [5.41, 5.74) is 3.28. The highest BCUT2D eigenvalue weighted by Gasteiger charge is 2.00. The Morgan fingerprint density at radius 2 is 1.90 bits per heavy atom. The van der Waals surface area contributed by atoms with Gasteiger partial charge in [-0.15, -0.1) is 0 Å². The Hall–Kier alpha value is -1.71. The summed E-state index contributed by atoms with van der Waals surface area (Å²) in [6.07, 6.45) is 0.965. The van der Waals surface area contributed by atoms with E-state index in [0.717, 1.165) is 30.6 Å². The molecule has 0 spiro atoms. The summed E-state index contributed by atoms with van der Waals surface area (Å²) in [6.45, 7) is 4.97. The summed E-state index contributed by atoms with van der Waals surface area (Å²) in [5, 5.41) is 3.39. The highest BCUT2D eigenvalue weighted by molar-refractivity contribution is 5.25. The first kappa shape index (κ1) is 15.7. The molecule has 0 saturated carbocycles. The van der Waals surface area contributed by atoms with Crippen molar-refractivity contribution in [1.29, 1.82) is 0 Å². The SMILES string of the molecule is Cc1cc(F)ccc1COCCCNCc1ccccc1. The van der Waals surface area contributed by atoms with Crippen LogP contribution in [0.4, 0.5) is 4.39 Å². The van der Waals surface area contributed by atoms with Crippen molar-refractivity contribution in [3.8, 4) is 0 Å². The number of hydrogen-bond acceptors (Lipinski definition) is 2. The summed E-state index contributed by atoms with van der Waals surface area (Å²) in [5.74, 6) is -0.193. The second-order valence-electron chi connectivity index (χ2n) is 5.14. The van der Waals surface area contributed by atoms with Crippen LogP contribution in [0.2, 0.25) is 0 Å². The van der Waals surface area contributed by atoms with Crippen LogP contribution in [0.5, 0.6) is 0 Å². The third-order valence-electron chi connectivity index (χ3n) is 3.38. The van der Waals surface area contributed by atoms with Gasteiger partial charge in [0.1, 0.15) is 5.82 Å². The minimum atomic E-state index is -0.193. The fourth-order valence-electron chi connectivity index (χ4n) is 2.13. The molecule has 0 aliphatic heterocycles. The van der Waals surface area contributed by atoms with Gasteiger partial charge in [-0.05, 0) is 48.7 Å². The number of rotatable bonds is 8. The molecule has 2 nitrogen and oxygen atoms in total. The predicted octanol–water partition coefficient (Wildman–Crippen LogP) is 3.83. The molecule has 3 heteroatoms. The number of ether oxygens (including phenoxy) is 1. The van der Waals surface area contributed by atoms with E-state index in [-0.39, 0.29) is 5.82 Å². The van der Waals surface area contributed by atoms with Crippen LogP contribution in [0.1, 0.15) is 23.1 Å². The molecule has 112 valence electrons. The van der Waals surface area contributed by atoms with Crippen LogP contribution < -0.4 is 5.32 Å². The zero-order chi connectivity index (χ0) is 14.9. The molecule has 0 saturated heterocycles. The minimum Gasteiger partial charge on any atom is -0.377 e. The number of nitrogens with one attached hydrogen (secondary N) is 1. The molecule has 0 radical (unpaired) electrons. The van der Waals surface area contributed by atoms with Crippen LogP contribution in [-0.4, -0.2) is 13.2 Å². The molecule has 0 fully saturated rings. The van der Waals surface area contributed by atoms with Crippen molar-refractivity contribution in [2.75, 3.05) is 13.2 Å². The molecule has 0 atom stereocenters. The molecular formula is C18H22FNO. The topological polar surface area (TPSA) is 21.3 Å². The van der Waals surface area contributed by atoms with E-state index in [4.69, 9.17) is 4.74 Å². The van der Waals surface area contributed by atoms with Gasteiger partial charge in [0.2, 0.25) is 0 Å². The molecule has 0 aromatic heterocycles. The van der Waals surface area contributed by atoms with Gasteiger partial charge in [0.05, 0.1) is 6.61 Å². The molecule has 0 unspecified atom stereocenters. The Labute approximate surface area is 126 Å². The highest BCUT2D eigenvalue weighted by atomic mass is 19.1. The van der Waals surface area contributed by atoms with Crippen molar-refractivity contribution in [3.63, 3.8) is 0 Å². The minimum absolute atomic E-state index is 0.193. The Kier molecular flexibility index (Phi) is 6.38. The van der Waals surface area contributed by atoms with E-state index in [0.29, 0.717) is 13.2 Å². The van der Waals surface area contributed by atoms with E-state index in [1.165, 1.54) is 11.6 Å². The Balaban J connectivity index is 1.56. The maximum atomic E-state index is 13.0. The standard InChI is InChI=1S/C18H22FNO/c1-15-12-18(19)9-8-17(15)14-21-11-5-10-20-13-16-6-3-2-4-7-16/h2-4,6-9,12,20H,5,10-11,13-14H2,1H3. The van der Waals surface area contributed by atoms with Crippen LogP contribution in [0.15, 0.2) is 48.5 Å². The molecule has 0 amide bonds. The maximum absolute atomic E-state index is 13.0. The second kappa shape index (κ2) is 8.55. The van der Waals surface area contributed by atoms with E-state index in [1.807, 2.05) is 25.1 Å². The average molecular weight is 287 g/mol. The van der Waals surface area contributed by atoms with Crippen LogP contribution >= 0.6 is 0 Å². The Morgan fingerprint density at radius 3 is 2.67 bits per heavy atom. The van der Waals surface area contributed by atoms with Crippen molar-refractivity contribution in [1.82, 2.24) is 5.32 Å². The lowest BCUT2D eigenvalue weighted by molar-refractivity contribution is 0.118. The number of hydrogen-bond donors (Lipinski definition) is 1. The quantitative estimate of drug-likeness (QED) is 0.745. The third-order valence-corrected chi connectivity index (χ3v) is 3.38. The van der Waals surface area contributed by atoms with Gasteiger partial charge >= 0.3 is 0 Å². The normalized spacial score (nSPS) is 10.8. The lowest BCUT2D eigenvalue weighted by Gasteiger charge is -2.08. The number of aryl methyl sites for hydroxylation is 1. The molecule has 1 N–H and O–H groups in total. The van der Waals surface area contributed by atoms with Crippen molar-refractivity contribution < 1.29 is 9.13 Å². The lowest BCUT2D eigenvalue weighted by atomic mass is 10.1. The molecule has 0 heterocycles. The zero-order valence-corrected chi connectivity index (χ0v) is 12.4. The summed E-state index contributed by atoms with van der Waals surface area (Å²) >= 11 is 0. The molecule has 2 aromatic carbocycles. The molecule has 0 aliphatic carbocycles. The molecular weight excluding hydrogens is 265 g/mol. The summed E-state index contributed by atoms with van der Waals surface area (Å²) < 4.78 is 18.6. The van der Waals surface area contributed by atoms with Gasteiger partial charge in [0.25, 0.3) is 0 Å². The number of benzene rings is 2. The van der Waals surface area contributed by atoms with Gasteiger partial charge in [-0.2, -0.15) is 0 Å². The van der Waals surface area contributed by atoms with Crippen LogP contribution in [0.3, 0.4) is 0 Å². The second-order valence-corrected chi connectivity index (χ2v) is 5.14. The number of halogens is 1. The van der Waals surface area contributed by atoms with Gasteiger partial charge in [0, 0.05) is 13.2 Å². The summed E-state index contributed by atoms with van der Waals surface area (Å²) in [4.78, 5) is 0. The van der Waals surface area contributed by atoms with Crippen molar-refractivity contribution in [2.24, 2.45) is 0 Å². The molecule has 2 rings (SSSR count). The fraction of sp³-hybridized carbons (Fsp3) is 0.333. The van der Waals surface area contributed by atoms with E-state index >= 15 is 0 Å². The van der Waals surface area contributed by atoms with Crippen LogP contribution in [0, 0.1) is 12.7 Å². The predicted molar refractivity (Wildman–Crippen MR) is 83.6 cm³/mol. The first-order chi connectivity index (χ1) is 10.3. The molecule has 0 bridgehead atoms. The van der Waals surface area contributed by atoms with Crippen molar-refractivity contribution in [3.05, 3.63) is 71.0 Å². The molecule has 2 aromatic rings. The van der Waals surface area contributed by atoms with Gasteiger partial charge in [-0.3, -0.25) is 0 Å². The lowest BCUT2D eigenvalue weighted by Crippen LogP contribution is -2.16. The Morgan fingerprint density at radius 1 is 1.10 bits per heavy atom. The maximum Gasteiger partial charge on any atom is 0.123 e.